The number of carboxylic acids is 1. The van der Waals surface area contributed by atoms with E-state index in [0.717, 1.165) is 10.0 Å². The standard InChI is InChI=1S/C15H9BrFNO3/c16-10-3-1-8(2-4-10)15-12-7-11(17)5-9(6-13(19)20)14(12)18-21-15/h1-5,7H,6H2,(H,19,20). The van der Waals surface area contributed by atoms with Gasteiger partial charge in [0.15, 0.2) is 5.76 Å². The second kappa shape index (κ2) is 5.29. The quantitative estimate of drug-likeness (QED) is 0.775. The highest BCUT2D eigenvalue weighted by molar-refractivity contribution is 9.10. The number of carbonyl (C=O) groups is 1. The second-order valence-electron chi connectivity index (χ2n) is 4.55. The first-order valence-corrected chi connectivity index (χ1v) is 6.89. The Morgan fingerprint density at radius 3 is 2.67 bits per heavy atom. The van der Waals surface area contributed by atoms with Gasteiger partial charge in [0, 0.05) is 10.0 Å². The number of aliphatic carboxylic acids is 1. The molecule has 0 saturated carbocycles. The van der Waals surface area contributed by atoms with Gasteiger partial charge in [-0.1, -0.05) is 21.1 Å². The molecule has 0 radical (unpaired) electrons. The third kappa shape index (κ3) is 2.67. The first kappa shape index (κ1) is 13.8. The summed E-state index contributed by atoms with van der Waals surface area (Å²) in [6.07, 6.45) is -0.305. The third-order valence-corrected chi connectivity index (χ3v) is 3.60. The van der Waals surface area contributed by atoms with E-state index in [1.807, 2.05) is 24.3 Å². The molecule has 1 aromatic heterocycles. The fraction of sp³-hybridized carbons (Fsp3) is 0.0667. The van der Waals surface area contributed by atoms with Crippen molar-refractivity contribution in [3.8, 4) is 11.3 Å². The van der Waals surface area contributed by atoms with Crippen molar-refractivity contribution in [2.45, 2.75) is 6.42 Å². The molecule has 0 saturated heterocycles. The van der Waals surface area contributed by atoms with E-state index >= 15 is 0 Å². The molecule has 0 aliphatic carbocycles. The van der Waals surface area contributed by atoms with Crippen LogP contribution in [0.4, 0.5) is 4.39 Å². The van der Waals surface area contributed by atoms with E-state index in [0.29, 0.717) is 22.2 Å². The normalized spacial score (nSPS) is 11.0. The topological polar surface area (TPSA) is 63.3 Å². The maximum atomic E-state index is 13.7. The predicted octanol–water partition coefficient (Wildman–Crippen LogP) is 4.02. The van der Waals surface area contributed by atoms with Crippen LogP contribution in [0.15, 0.2) is 45.4 Å². The first-order chi connectivity index (χ1) is 10.0. The molecule has 0 spiro atoms. The molecule has 0 atom stereocenters. The van der Waals surface area contributed by atoms with Gasteiger partial charge in [-0.3, -0.25) is 4.79 Å². The van der Waals surface area contributed by atoms with Crippen LogP contribution in [0.25, 0.3) is 22.2 Å². The summed E-state index contributed by atoms with van der Waals surface area (Å²) in [4.78, 5) is 10.9. The number of hydrogen-bond donors (Lipinski definition) is 1. The summed E-state index contributed by atoms with van der Waals surface area (Å²) in [5, 5.41) is 13.2. The van der Waals surface area contributed by atoms with Crippen LogP contribution in [0.1, 0.15) is 5.56 Å². The van der Waals surface area contributed by atoms with Gasteiger partial charge in [-0.2, -0.15) is 0 Å². The minimum Gasteiger partial charge on any atom is -0.481 e. The van der Waals surface area contributed by atoms with Crippen LogP contribution in [0.3, 0.4) is 0 Å². The molecule has 0 bridgehead atoms. The van der Waals surface area contributed by atoms with E-state index in [4.69, 9.17) is 9.63 Å². The van der Waals surface area contributed by atoms with Gasteiger partial charge in [-0.25, -0.2) is 4.39 Å². The van der Waals surface area contributed by atoms with Crippen molar-refractivity contribution >= 4 is 32.8 Å². The van der Waals surface area contributed by atoms with Crippen LogP contribution in [-0.4, -0.2) is 16.2 Å². The molecule has 0 amide bonds. The zero-order valence-corrected chi connectivity index (χ0v) is 12.2. The Bertz CT molecular complexity index is 827. The molecule has 0 aliphatic rings. The SMILES string of the molecule is O=C(O)Cc1cc(F)cc2c(-c3ccc(Br)cc3)onc12. The Labute approximate surface area is 127 Å². The molecule has 21 heavy (non-hydrogen) atoms. The average Bonchev–Trinajstić information content (AvgIpc) is 2.83. The fourth-order valence-corrected chi connectivity index (χ4v) is 2.45. The largest absolute Gasteiger partial charge is 0.481 e. The molecule has 0 unspecified atom stereocenters. The zero-order valence-electron chi connectivity index (χ0n) is 10.6. The van der Waals surface area contributed by atoms with E-state index in [9.17, 15) is 9.18 Å². The zero-order chi connectivity index (χ0) is 15.0. The molecule has 0 aliphatic heterocycles. The number of hydrogen-bond acceptors (Lipinski definition) is 3. The number of halogens is 2. The maximum absolute atomic E-state index is 13.7. The number of aromatic nitrogens is 1. The van der Waals surface area contributed by atoms with Crippen molar-refractivity contribution in [1.82, 2.24) is 5.16 Å². The Balaban J connectivity index is 2.19. The molecule has 6 heteroatoms. The number of rotatable bonds is 3. The number of carboxylic acid groups (broad SMARTS) is 1. The van der Waals surface area contributed by atoms with Gasteiger partial charge in [-0.15, -0.1) is 0 Å². The molecule has 2 aromatic carbocycles. The van der Waals surface area contributed by atoms with Crippen LogP contribution in [0.5, 0.6) is 0 Å². The van der Waals surface area contributed by atoms with E-state index in [2.05, 4.69) is 21.1 Å². The van der Waals surface area contributed by atoms with Gasteiger partial charge in [0.1, 0.15) is 11.3 Å². The van der Waals surface area contributed by atoms with E-state index in [1.165, 1.54) is 12.1 Å². The molecule has 4 nitrogen and oxygen atoms in total. The van der Waals surface area contributed by atoms with Crippen molar-refractivity contribution in [2.75, 3.05) is 0 Å². The first-order valence-electron chi connectivity index (χ1n) is 6.10. The third-order valence-electron chi connectivity index (χ3n) is 3.07. The minimum atomic E-state index is -1.05. The lowest BCUT2D eigenvalue weighted by Gasteiger charge is -2.00. The predicted molar refractivity (Wildman–Crippen MR) is 78.4 cm³/mol. The summed E-state index contributed by atoms with van der Waals surface area (Å²) in [6.45, 7) is 0. The van der Waals surface area contributed by atoms with Crippen molar-refractivity contribution < 1.29 is 18.8 Å². The molecule has 1 heterocycles. The van der Waals surface area contributed by atoms with Gasteiger partial charge in [0.2, 0.25) is 0 Å². The van der Waals surface area contributed by atoms with E-state index in [-0.39, 0.29) is 6.42 Å². The van der Waals surface area contributed by atoms with Crippen molar-refractivity contribution in [3.05, 3.63) is 52.3 Å². The molecular weight excluding hydrogens is 341 g/mol. The van der Waals surface area contributed by atoms with E-state index in [1.54, 1.807) is 0 Å². The second-order valence-corrected chi connectivity index (χ2v) is 5.47. The van der Waals surface area contributed by atoms with Gasteiger partial charge in [-0.05, 0) is 42.0 Å². The molecule has 106 valence electrons. The van der Waals surface area contributed by atoms with Crippen LogP contribution in [0, 0.1) is 5.82 Å². The minimum absolute atomic E-state index is 0.296. The van der Waals surface area contributed by atoms with Crippen molar-refractivity contribution in [3.63, 3.8) is 0 Å². The monoisotopic (exact) mass is 349 g/mol. The lowest BCUT2D eigenvalue weighted by molar-refractivity contribution is -0.136. The van der Waals surface area contributed by atoms with Crippen molar-refractivity contribution in [2.24, 2.45) is 0 Å². The highest BCUT2D eigenvalue weighted by Gasteiger charge is 2.17. The Morgan fingerprint density at radius 1 is 1.29 bits per heavy atom. The summed E-state index contributed by atoms with van der Waals surface area (Å²) in [7, 11) is 0. The molecule has 0 fully saturated rings. The lowest BCUT2D eigenvalue weighted by Crippen LogP contribution is -2.01. The molecule has 3 rings (SSSR count). The van der Waals surface area contributed by atoms with Gasteiger partial charge in [0.05, 0.1) is 11.8 Å². The van der Waals surface area contributed by atoms with Crippen LogP contribution in [0.2, 0.25) is 0 Å². The fourth-order valence-electron chi connectivity index (χ4n) is 2.18. The summed E-state index contributed by atoms with van der Waals surface area (Å²) >= 11 is 3.34. The number of benzene rings is 2. The van der Waals surface area contributed by atoms with Gasteiger partial charge < -0.3 is 9.63 Å². The average molecular weight is 350 g/mol. The van der Waals surface area contributed by atoms with Gasteiger partial charge >= 0.3 is 5.97 Å². The smallest absolute Gasteiger partial charge is 0.307 e. The summed E-state index contributed by atoms with van der Waals surface area (Å²) in [5.41, 5.74) is 1.41. The van der Waals surface area contributed by atoms with E-state index < -0.39 is 11.8 Å². The molecule has 3 aromatic rings. The Hall–Kier alpha value is -2.21. The summed E-state index contributed by atoms with van der Waals surface area (Å²) in [5.74, 6) is -1.14. The maximum Gasteiger partial charge on any atom is 0.307 e. The molecule has 1 N–H and O–H groups in total. The van der Waals surface area contributed by atoms with Crippen LogP contribution >= 0.6 is 15.9 Å². The number of fused-ring (bicyclic) bond motifs is 1. The number of nitrogens with zero attached hydrogens (tertiary/aromatic N) is 1. The summed E-state index contributed by atoms with van der Waals surface area (Å²) < 4.78 is 19.9. The Kier molecular flexibility index (Phi) is 3.47. The van der Waals surface area contributed by atoms with Gasteiger partial charge in [0.25, 0.3) is 0 Å². The Morgan fingerprint density at radius 2 is 2.00 bits per heavy atom. The van der Waals surface area contributed by atoms with Crippen LogP contribution < -0.4 is 0 Å². The summed E-state index contributed by atoms with van der Waals surface area (Å²) in [6, 6.07) is 9.76. The highest BCUT2D eigenvalue weighted by atomic mass is 79.9. The lowest BCUT2D eigenvalue weighted by atomic mass is 10.0. The van der Waals surface area contributed by atoms with Crippen LogP contribution in [-0.2, 0) is 11.2 Å². The van der Waals surface area contributed by atoms with Crippen molar-refractivity contribution in [1.29, 1.82) is 0 Å². The highest BCUT2D eigenvalue weighted by Crippen LogP contribution is 2.32. The molecular formula is C15H9BrFNO3.